The van der Waals surface area contributed by atoms with Gasteiger partial charge in [-0.2, -0.15) is 0 Å². The lowest BCUT2D eigenvalue weighted by molar-refractivity contribution is 0.198. The number of piperazine rings is 1. The fraction of sp³-hybridized carbons (Fsp3) is 0.438. The lowest BCUT2D eigenvalue weighted by Crippen LogP contribution is -2.47. The Morgan fingerprint density at radius 1 is 1.19 bits per heavy atom. The number of aryl methyl sites for hydroxylation is 1. The fourth-order valence-corrected chi connectivity index (χ4v) is 3.90. The van der Waals surface area contributed by atoms with Crippen molar-refractivity contribution in [3.05, 3.63) is 45.9 Å². The molecule has 3 rings (SSSR count). The van der Waals surface area contributed by atoms with Gasteiger partial charge in [-0.05, 0) is 25.5 Å². The molecule has 0 saturated carbocycles. The van der Waals surface area contributed by atoms with Crippen molar-refractivity contribution in [3.63, 3.8) is 0 Å². The molecule has 1 saturated heterocycles. The largest absolute Gasteiger partial charge is 0.346 e. The van der Waals surface area contributed by atoms with Gasteiger partial charge < -0.3 is 4.90 Å². The highest BCUT2D eigenvalue weighted by Crippen LogP contribution is 2.29. The Bertz CT molecular complexity index is 605. The zero-order chi connectivity index (χ0) is 14.8. The summed E-state index contributed by atoms with van der Waals surface area (Å²) in [4.78, 5) is 10.6. The molecule has 1 fully saturated rings. The van der Waals surface area contributed by atoms with E-state index in [4.69, 9.17) is 11.6 Å². The van der Waals surface area contributed by atoms with Crippen LogP contribution >= 0.6 is 22.9 Å². The monoisotopic (exact) mass is 321 g/mol. The number of hydrogen-bond donors (Lipinski definition) is 0. The highest BCUT2D eigenvalue weighted by molar-refractivity contribution is 7.15. The summed E-state index contributed by atoms with van der Waals surface area (Å²) in [6.45, 7) is 8.50. The lowest BCUT2D eigenvalue weighted by Gasteiger charge is -2.38. The van der Waals surface area contributed by atoms with E-state index >= 15 is 0 Å². The van der Waals surface area contributed by atoms with Crippen molar-refractivity contribution in [3.8, 4) is 0 Å². The first-order chi connectivity index (χ1) is 10.1. The summed E-state index contributed by atoms with van der Waals surface area (Å²) < 4.78 is 0. The lowest BCUT2D eigenvalue weighted by atomic mass is 10.1. The molecule has 1 unspecified atom stereocenters. The third-order valence-corrected chi connectivity index (χ3v) is 5.41. The van der Waals surface area contributed by atoms with Crippen molar-refractivity contribution in [1.82, 2.24) is 9.88 Å². The third-order valence-electron chi connectivity index (χ3n) is 4.10. The van der Waals surface area contributed by atoms with Gasteiger partial charge in [-0.3, -0.25) is 4.90 Å². The Hall–Kier alpha value is -1.10. The smallest absolute Gasteiger partial charge is 0.185 e. The summed E-state index contributed by atoms with van der Waals surface area (Å²) in [6, 6.07) is 8.51. The summed E-state index contributed by atoms with van der Waals surface area (Å²) in [5.74, 6) is 0. The maximum absolute atomic E-state index is 6.32. The van der Waals surface area contributed by atoms with Crippen LogP contribution in [0.3, 0.4) is 0 Å². The minimum Gasteiger partial charge on any atom is -0.346 e. The Kier molecular flexibility index (Phi) is 4.48. The normalized spacial score (nSPS) is 18.0. The van der Waals surface area contributed by atoms with Crippen molar-refractivity contribution in [2.75, 3.05) is 31.1 Å². The molecule has 0 aliphatic carbocycles. The molecule has 0 N–H and O–H groups in total. The van der Waals surface area contributed by atoms with Crippen LogP contribution in [-0.4, -0.2) is 36.1 Å². The molecule has 1 aliphatic rings. The number of hydrogen-bond acceptors (Lipinski definition) is 4. The molecule has 0 bridgehead atoms. The molecule has 0 amide bonds. The molecular weight excluding hydrogens is 302 g/mol. The Balaban J connectivity index is 1.64. The average Bonchev–Trinajstić information content (AvgIpc) is 2.94. The van der Waals surface area contributed by atoms with Gasteiger partial charge in [0.1, 0.15) is 0 Å². The number of halogens is 1. The van der Waals surface area contributed by atoms with Crippen LogP contribution in [0.2, 0.25) is 5.02 Å². The molecule has 112 valence electrons. The molecule has 2 aromatic rings. The number of rotatable bonds is 3. The first kappa shape index (κ1) is 14.8. The van der Waals surface area contributed by atoms with E-state index in [1.807, 2.05) is 18.3 Å². The number of benzene rings is 1. The maximum atomic E-state index is 6.32. The topological polar surface area (TPSA) is 19.4 Å². The number of anilines is 1. The van der Waals surface area contributed by atoms with Crippen LogP contribution in [0.15, 0.2) is 30.5 Å². The van der Waals surface area contributed by atoms with Crippen LogP contribution < -0.4 is 4.90 Å². The van der Waals surface area contributed by atoms with Gasteiger partial charge in [-0.15, -0.1) is 11.3 Å². The van der Waals surface area contributed by atoms with E-state index < -0.39 is 0 Å². The summed E-state index contributed by atoms with van der Waals surface area (Å²) in [7, 11) is 0. The molecule has 5 heteroatoms. The van der Waals surface area contributed by atoms with Gasteiger partial charge in [0, 0.05) is 48.3 Å². The van der Waals surface area contributed by atoms with E-state index in [0.717, 1.165) is 36.3 Å². The Labute approximate surface area is 135 Å². The van der Waals surface area contributed by atoms with Gasteiger partial charge in [0.25, 0.3) is 0 Å². The molecule has 1 aromatic heterocycles. The van der Waals surface area contributed by atoms with Gasteiger partial charge in [0.15, 0.2) is 5.13 Å². The number of thiazole rings is 1. The van der Waals surface area contributed by atoms with Gasteiger partial charge in [-0.25, -0.2) is 4.98 Å². The Morgan fingerprint density at radius 2 is 1.90 bits per heavy atom. The number of aromatic nitrogens is 1. The van der Waals surface area contributed by atoms with Gasteiger partial charge in [-0.1, -0.05) is 29.8 Å². The molecule has 2 heterocycles. The summed E-state index contributed by atoms with van der Waals surface area (Å²) >= 11 is 8.10. The van der Waals surface area contributed by atoms with E-state index in [9.17, 15) is 0 Å². The second-order valence-corrected chi connectivity index (χ2v) is 7.09. The van der Waals surface area contributed by atoms with Crippen LogP contribution in [0, 0.1) is 6.92 Å². The summed E-state index contributed by atoms with van der Waals surface area (Å²) in [6.07, 6.45) is 1.96. The van der Waals surface area contributed by atoms with Crippen LogP contribution in [0.4, 0.5) is 5.13 Å². The molecule has 1 atom stereocenters. The molecule has 0 radical (unpaired) electrons. The maximum Gasteiger partial charge on any atom is 0.185 e. The molecule has 1 aliphatic heterocycles. The minimum absolute atomic E-state index is 0.360. The zero-order valence-corrected chi connectivity index (χ0v) is 14.0. The van der Waals surface area contributed by atoms with Crippen LogP contribution in [0.1, 0.15) is 23.4 Å². The van der Waals surface area contributed by atoms with Crippen molar-refractivity contribution in [2.45, 2.75) is 19.9 Å². The van der Waals surface area contributed by atoms with Gasteiger partial charge in [0.2, 0.25) is 0 Å². The summed E-state index contributed by atoms with van der Waals surface area (Å²) in [5, 5.41) is 2.01. The van der Waals surface area contributed by atoms with Crippen molar-refractivity contribution in [1.29, 1.82) is 0 Å². The predicted molar refractivity (Wildman–Crippen MR) is 90.5 cm³/mol. The highest BCUT2D eigenvalue weighted by atomic mass is 35.5. The highest BCUT2D eigenvalue weighted by Gasteiger charge is 2.24. The van der Waals surface area contributed by atoms with Crippen molar-refractivity contribution < 1.29 is 0 Å². The van der Waals surface area contributed by atoms with Crippen LogP contribution in [0.25, 0.3) is 0 Å². The van der Waals surface area contributed by atoms with Crippen molar-refractivity contribution >= 4 is 28.1 Å². The van der Waals surface area contributed by atoms with Crippen molar-refractivity contribution in [2.24, 2.45) is 0 Å². The van der Waals surface area contributed by atoms with Gasteiger partial charge in [0.05, 0.1) is 0 Å². The molecule has 3 nitrogen and oxygen atoms in total. The number of nitrogens with zero attached hydrogens (tertiary/aromatic N) is 3. The quantitative estimate of drug-likeness (QED) is 0.852. The molecule has 1 aromatic carbocycles. The summed E-state index contributed by atoms with van der Waals surface area (Å²) in [5.41, 5.74) is 1.22. The molecule has 21 heavy (non-hydrogen) atoms. The van der Waals surface area contributed by atoms with E-state index in [-0.39, 0.29) is 0 Å². The first-order valence-electron chi connectivity index (χ1n) is 7.31. The minimum atomic E-state index is 0.360. The van der Waals surface area contributed by atoms with Crippen LogP contribution in [0.5, 0.6) is 0 Å². The second kappa shape index (κ2) is 6.34. The van der Waals surface area contributed by atoms with E-state index in [0.29, 0.717) is 6.04 Å². The van der Waals surface area contributed by atoms with E-state index in [1.165, 1.54) is 10.4 Å². The van der Waals surface area contributed by atoms with E-state index in [2.05, 4.69) is 40.8 Å². The van der Waals surface area contributed by atoms with E-state index in [1.54, 1.807) is 11.3 Å². The Morgan fingerprint density at radius 3 is 2.52 bits per heavy atom. The zero-order valence-electron chi connectivity index (χ0n) is 12.4. The van der Waals surface area contributed by atoms with Crippen LogP contribution in [-0.2, 0) is 0 Å². The fourth-order valence-electron chi connectivity index (χ4n) is 2.80. The molecule has 0 spiro atoms. The molecular formula is C16H20ClN3S. The SMILES string of the molecule is Cc1cnc(N2CCN(C(C)c3ccccc3Cl)CC2)s1. The standard InChI is InChI=1S/C16H20ClN3S/c1-12-11-18-16(21-12)20-9-7-19(8-10-20)13(2)14-5-3-4-6-15(14)17/h3-6,11,13H,7-10H2,1-2H3. The predicted octanol–water partition coefficient (Wildman–Crippen LogP) is 3.99. The third kappa shape index (κ3) is 3.23. The second-order valence-electron chi connectivity index (χ2n) is 5.47. The average molecular weight is 322 g/mol. The van der Waals surface area contributed by atoms with Gasteiger partial charge >= 0.3 is 0 Å². The first-order valence-corrected chi connectivity index (χ1v) is 8.50.